The van der Waals surface area contributed by atoms with Crippen molar-refractivity contribution in [2.45, 2.75) is 204 Å². The maximum Gasteiger partial charge on any atom is 0.306 e. The van der Waals surface area contributed by atoms with E-state index in [1.54, 1.807) is 0 Å². The van der Waals surface area contributed by atoms with Gasteiger partial charge in [0, 0.05) is 12.8 Å². The van der Waals surface area contributed by atoms with Gasteiger partial charge in [0.15, 0.2) is 12.4 Å². The van der Waals surface area contributed by atoms with Gasteiger partial charge in [0.25, 0.3) is 10.1 Å². The number of carbonyl (C=O) groups is 2. The molecule has 13 heteroatoms. The van der Waals surface area contributed by atoms with E-state index < -0.39 is 71.2 Å². The second kappa shape index (κ2) is 37.0. The van der Waals surface area contributed by atoms with Crippen molar-refractivity contribution >= 4 is 22.1 Å². The summed E-state index contributed by atoms with van der Waals surface area (Å²) in [5.74, 6) is -2.03. The zero-order chi connectivity index (χ0) is 44.1. The number of ether oxygens (including phenoxy) is 4. The van der Waals surface area contributed by atoms with Crippen LogP contribution in [0.5, 0.6) is 0 Å². The molecule has 1 rings (SSSR count). The minimum absolute atomic E-state index is 0.153. The standard InChI is InChI=1S/C47H80O12S/c1-3-5-7-9-11-13-15-17-19-20-22-23-25-27-29-31-33-35-42(48)56-37-40(38-57-47-46(52)45(51)44(50)41(59-47)39-60(53,54)55)58-43(49)36-34-32-30-28-26-24-21-18-16-14-12-10-8-6-4-2/h4,7,9,13,15,19-20,23,25,40-41,44-47,50-52H,2-3,5-6,8,10-12,14,16-18,21-22,24,26-39H2,1H3,(H,53,54,55)/b9-7+,15-13+,20-19+,25-23+/t40-,41-,44-,45?,46?,47+/m1/s1. The van der Waals surface area contributed by atoms with E-state index in [2.05, 4.69) is 62.1 Å². The second-order valence-electron chi connectivity index (χ2n) is 15.8. The predicted octanol–water partition coefficient (Wildman–Crippen LogP) is 9.34. The third-order valence-electron chi connectivity index (χ3n) is 10.2. The van der Waals surface area contributed by atoms with Gasteiger partial charge < -0.3 is 34.3 Å². The molecule has 0 saturated carbocycles. The van der Waals surface area contributed by atoms with Gasteiger partial charge in [-0.15, -0.1) is 6.58 Å². The summed E-state index contributed by atoms with van der Waals surface area (Å²) in [5.41, 5.74) is 0. The minimum Gasteiger partial charge on any atom is -0.462 e. The van der Waals surface area contributed by atoms with Crippen LogP contribution in [0.3, 0.4) is 0 Å². The maximum absolute atomic E-state index is 12.8. The van der Waals surface area contributed by atoms with Crippen molar-refractivity contribution in [1.82, 2.24) is 0 Å². The quantitative estimate of drug-likeness (QED) is 0.0200. The van der Waals surface area contributed by atoms with E-state index in [4.69, 9.17) is 18.9 Å². The largest absolute Gasteiger partial charge is 0.462 e. The monoisotopic (exact) mass is 869 g/mol. The van der Waals surface area contributed by atoms with Crippen molar-refractivity contribution in [3.8, 4) is 0 Å². The van der Waals surface area contributed by atoms with Gasteiger partial charge in [0.05, 0.1) is 6.61 Å². The van der Waals surface area contributed by atoms with E-state index in [0.29, 0.717) is 12.8 Å². The van der Waals surface area contributed by atoms with E-state index in [9.17, 15) is 37.9 Å². The van der Waals surface area contributed by atoms with Gasteiger partial charge in [-0.05, 0) is 64.2 Å². The first-order chi connectivity index (χ1) is 29.0. The lowest BCUT2D eigenvalue weighted by molar-refractivity contribution is -0.297. The molecule has 2 unspecified atom stereocenters. The molecule has 1 fully saturated rings. The van der Waals surface area contributed by atoms with Gasteiger partial charge in [-0.1, -0.05) is 145 Å². The molecule has 0 aromatic rings. The molecule has 0 radical (unpaired) electrons. The Morgan fingerprint density at radius 3 is 1.62 bits per heavy atom. The number of rotatable bonds is 38. The molecule has 4 N–H and O–H groups in total. The summed E-state index contributed by atoms with van der Waals surface area (Å²) in [6.45, 7) is 5.19. The average Bonchev–Trinajstić information content (AvgIpc) is 3.21. The molecule has 0 aromatic carbocycles. The summed E-state index contributed by atoms with van der Waals surface area (Å²) < 4.78 is 54.0. The van der Waals surface area contributed by atoms with Crippen molar-refractivity contribution in [3.63, 3.8) is 0 Å². The highest BCUT2D eigenvalue weighted by Crippen LogP contribution is 2.24. The first kappa shape index (κ1) is 55.4. The van der Waals surface area contributed by atoms with E-state index in [1.807, 2.05) is 6.08 Å². The number of hydrogen-bond donors (Lipinski definition) is 4. The lowest BCUT2D eigenvalue weighted by Crippen LogP contribution is -2.60. The number of allylic oxidation sites excluding steroid dienone is 9. The van der Waals surface area contributed by atoms with E-state index in [-0.39, 0.29) is 19.4 Å². The van der Waals surface area contributed by atoms with Crippen LogP contribution in [0.4, 0.5) is 0 Å². The van der Waals surface area contributed by atoms with Gasteiger partial charge in [-0.2, -0.15) is 8.42 Å². The number of unbranched alkanes of at least 4 members (excludes halogenated alkanes) is 17. The summed E-state index contributed by atoms with van der Waals surface area (Å²) in [5, 5.41) is 30.9. The third-order valence-corrected chi connectivity index (χ3v) is 10.9. The second-order valence-corrected chi connectivity index (χ2v) is 17.3. The molecule has 0 aliphatic carbocycles. The molecule has 346 valence electrons. The Morgan fingerprint density at radius 1 is 0.617 bits per heavy atom. The van der Waals surface area contributed by atoms with Crippen molar-refractivity contribution < 1.29 is 56.8 Å². The number of hydrogen-bond acceptors (Lipinski definition) is 11. The SMILES string of the molecule is C=CCCCCCCCCCCCCCCCC(=O)O[C@H](COC(=O)CCCCC/C=C/C/C=C/C/C=C/C/C=C/CCC)CO[C@H]1O[C@H](CS(=O)(=O)O)[C@@H](O)C(O)C1O. The van der Waals surface area contributed by atoms with Crippen molar-refractivity contribution in [2.75, 3.05) is 19.0 Å². The lowest BCUT2D eigenvalue weighted by Gasteiger charge is -2.40. The Labute approximate surface area is 362 Å². The predicted molar refractivity (Wildman–Crippen MR) is 238 cm³/mol. The Hall–Kier alpha value is -2.65. The lowest BCUT2D eigenvalue weighted by atomic mass is 10.00. The number of aliphatic hydroxyl groups is 3. The zero-order valence-electron chi connectivity index (χ0n) is 36.6. The number of aliphatic hydroxyl groups excluding tert-OH is 3. The van der Waals surface area contributed by atoms with Crippen LogP contribution in [-0.2, 0) is 38.7 Å². The van der Waals surface area contributed by atoms with Crippen LogP contribution in [0.15, 0.2) is 61.3 Å². The average molecular weight is 869 g/mol. The van der Waals surface area contributed by atoms with Gasteiger partial charge in [-0.3, -0.25) is 14.1 Å². The summed E-state index contributed by atoms with van der Waals surface area (Å²) in [4.78, 5) is 25.4. The molecule has 1 saturated heterocycles. The summed E-state index contributed by atoms with van der Waals surface area (Å²) in [7, 11) is -4.61. The van der Waals surface area contributed by atoms with Crippen molar-refractivity contribution in [1.29, 1.82) is 0 Å². The minimum atomic E-state index is -4.61. The van der Waals surface area contributed by atoms with Crippen LogP contribution in [0.2, 0.25) is 0 Å². The molecule has 0 aromatic heterocycles. The first-order valence-electron chi connectivity index (χ1n) is 22.8. The molecule has 1 aliphatic rings. The smallest absolute Gasteiger partial charge is 0.306 e. The fourth-order valence-corrected chi connectivity index (χ4v) is 7.34. The molecule has 1 aliphatic heterocycles. The Bertz CT molecular complexity index is 1330. The van der Waals surface area contributed by atoms with E-state index in [0.717, 1.165) is 70.6 Å². The highest BCUT2D eigenvalue weighted by atomic mass is 32.2. The molecule has 6 atom stereocenters. The van der Waals surface area contributed by atoms with Gasteiger partial charge >= 0.3 is 11.9 Å². The molecule has 60 heavy (non-hydrogen) atoms. The van der Waals surface area contributed by atoms with Gasteiger partial charge in [0.2, 0.25) is 0 Å². The molecule has 12 nitrogen and oxygen atoms in total. The molecule has 0 spiro atoms. The highest BCUT2D eigenvalue weighted by molar-refractivity contribution is 7.85. The Balaban J connectivity index is 2.46. The highest BCUT2D eigenvalue weighted by Gasteiger charge is 2.46. The fourth-order valence-electron chi connectivity index (χ4n) is 6.65. The summed E-state index contributed by atoms with van der Waals surface area (Å²) in [6, 6.07) is 0. The maximum atomic E-state index is 12.8. The third kappa shape index (κ3) is 31.2. The molecular weight excluding hydrogens is 789 g/mol. The van der Waals surface area contributed by atoms with Crippen LogP contribution in [-0.4, -0.2) is 96.0 Å². The number of carbonyl (C=O) groups excluding carboxylic acids is 2. The van der Waals surface area contributed by atoms with Crippen LogP contribution in [0.1, 0.15) is 167 Å². The van der Waals surface area contributed by atoms with Crippen LogP contribution < -0.4 is 0 Å². The van der Waals surface area contributed by atoms with Crippen molar-refractivity contribution in [2.24, 2.45) is 0 Å². The van der Waals surface area contributed by atoms with Crippen LogP contribution >= 0.6 is 0 Å². The topological polar surface area (TPSA) is 186 Å². The fraction of sp³-hybridized carbons (Fsp3) is 0.745. The van der Waals surface area contributed by atoms with Gasteiger partial charge in [-0.25, -0.2) is 0 Å². The van der Waals surface area contributed by atoms with Gasteiger partial charge in [0.1, 0.15) is 36.8 Å². The van der Waals surface area contributed by atoms with Crippen molar-refractivity contribution in [3.05, 3.63) is 61.3 Å². The normalized spacial score (nSPS) is 20.4. The summed E-state index contributed by atoms with van der Waals surface area (Å²) >= 11 is 0. The van der Waals surface area contributed by atoms with Crippen LogP contribution in [0, 0.1) is 0 Å². The first-order valence-corrected chi connectivity index (χ1v) is 24.4. The van der Waals surface area contributed by atoms with E-state index in [1.165, 1.54) is 64.2 Å². The Morgan fingerprint density at radius 2 is 1.08 bits per heavy atom. The number of esters is 2. The summed E-state index contributed by atoms with van der Waals surface area (Å²) in [6.07, 6.45) is 34.4. The zero-order valence-corrected chi connectivity index (χ0v) is 37.4. The van der Waals surface area contributed by atoms with Crippen LogP contribution in [0.25, 0.3) is 0 Å². The molecule has 1 heterocycles. The molecule has 0 amide bonds. The molecule has 0 bridgehead atoms. The molecular formula is C47H80O12S. The Kier molecular flexibility index (Phi) is 34.1. The van der Waals surface area contributed by atoms with E-state index >= 15 is 0 Å².